The first kappa shape index (κ1) is 23.1. The van der Waals surface area contributed by atoms with E-state index in [0.717, 1.165) is 38.9 Å². The van der Waals surface area contributed by atoms with Crippen LogP contribution in [0, 0.1) is 0 Å². The number of benzene rings is 2. The second-order valence-electron chi connectivity index (χ2n) is 8.36. The Kier molecular flexibility index (Phi) is 6.74. The van der Waals surface area contributed by atoms with Gasteiger partial charge in [0.05, 0.1) is 36.9 Å². The Morgan fingerprint density at radius 3 is 2.71 bits per heavy atom. The maximum Gasteiger partial charge on any atom is 0.175 e. The van der Waals surface area contributed by atoms with E-state index in [1.54, 1.807) is 23.5 Å². The number of carbonyl (C=O) groups is 1. The lowest BCUT2D eigenvalue weighted by Crippen LogP contribution is -2.36. The Labute approximate surface area is 210 Å². The summed E-state index contributed by atoms with van der Waals surface area (Å²) in [6.07, 6.45) is 0. The van der Waals surface area contributed by atoms with E-state index in [9.17, 15) is 9.90 Å². The van der Waals surface area contributed by atoms with Gasteiger partial charge < -0.3 is 9.84 Å². The van der Waals surface area contributed by atoms with Gasteiger partial charge >= 0.3 is 0 Å². The van der Waals surface area contributed by atoms with Gasteiger partial charge in [-0.15, -0.1) is 11.3 Å². The average Bonchev–Trinajstić information content (AvgIpc) is 3.29. The van der Waals surface area contributed by atoms with E-state index in [1.807, 2.05) is 25.1 Å². The van der Waals surface area contributed by atoms with Gasteiger partial charge in [0.2, 0.25) is 0 Å². The third kappa shape index (κ3) is 4.63. The van der Waals surface area contributed by atoms with Crippen molar-refractivity contribution in [3.05, 3.63) is 75.5 Å². The van der Waals surface area contributed by atoms with Gasteiger partial charge in [0.15, 0.2) is 5.78 Å². The molecule has 0 saturated carbocycles. The fourth-order valence-corrected chi connectivity index (χ4v) is 5.59. The molecule has 1 aliphatic rings. The van der Waals surface area contributed by atoms with Crippen molar-refractivity contribution in [2.75, 3.05) is 26.3 Å². The average molecular weight is 538 g/mol. The number of thiophene rings is 1. The summed E-state index contributed by atoms with van der Waals surface area (Å²) in [5, 5.41) is 13.4. The van der Waals surface area contributed by atoms with Crippen molar-refractivity contribution in [2.45, 2.75) is 19.4 Å². The standard InChI is InChI=1S/C26H24BrN3O3S/c1-16(25(32)19-13-18(27)7-8-21(19)31)24-23-20(17-5-3-2-4-6-17)15-34-26(23)29-22(28-24)14-30-9-11-33-12-10-30/h2-8,13,15-16,31H,9-12,14H2,1H3/t16-/m1/s1. The molecular weight excluding hydrogens is 514 g/mol. The Bertz CT molecular complexity index is 1340. The number of halogens is 1. The lowest BCUT2D eigenvalue weighted by molar-refractivity contribution is 0.0331. The van der Waals surface area contributed by atoms with Crippen LogP contribution in [0.2, 0.25) is 0 Å². The molecule has 0 aliphatic carbocycles. The number of phenolic OH excluding ortho intramolecular Hbond substituents is 1. The topological polar surface area (TPSA) is 75.5 Å². The fourth-order valence-electron chi connectivity index (χ4n) is 4.25. The van der Waals surface area contributed by atoms with Crippen LogP contribution in [0.25, 0.3) is 21.3 Å². The van der Waals surface area contributed by atoms with Gasteiger partial charge in [0.25, 0.3) is 0 Å². The highest BCUT2D eigenvalue weighted by molar-refractivity contribution is 9.10. The van der Waals surface area contributed by atoms with Crippen LogP contribution in [0.5, 0.6) is 5.75 Å². The number of hydrogen-bond acceptors (Lipinski definition) is 7. The summed E-state index contributed by atoms with van der Waals surface area (Å²) in [4.78, 5) is 26.5. The van der Waals surface area contributed by atoms with Gasteiger partial charge in [-0.05, 0) is 30.7 Å². The van der Waals surface area contributed by atoms with Gasteiger partial charge in [-0.3, -0.25) is 9.69 Å². The van der Waals surface area contributed by atoms with Crippen molar-refractivity contribution in [2.24, 2.45) is 0 Å². The van der Waals surface area contributed by atoms with E-state index >= 15 is 0 Å². The molecule has 1 N–H and O–H groups in total. The molecule has 8 heteroatoms. The summed E-state index contributed by atoms with van der Waals surface area (Å²) in [7, 11) is 0. The van der Waals surface area contributed by atoms with Crippen LogP contribution in [-0.2, 0) is 11.3 Å². The molecular formula is C26H24BrN3O3S. The van der Waals surface area contributed by atoms with Crippen LogP contribution in [-0.4, -0.2) is 52.1 Å². The van der Waals surface area contributed by atoms with Crippen molar-refractivity contribution in [3.63, 3.8) is 0 Å². The SMILES string of the molecule is C[C@@H](C(=O)c1cc(Br)ccc1O)c1nc(CN2CCOCC2)nc2scc(-c3ccccc3)c12. The maximum absolute atomic E-state index is 13.6. The van der Waals surface area contributed by atoms with Crippen LogP contribution < -0.4 is 0 Å². The van der Waals surface area contributed by atoms with E-state index in [-0.39, 0.29) is 17.1 Å². The van der Waals surface area contributed by atoms with Gasteiger partial charge in [0, 0.05) is 33.9 Å². The summed E-state index contributed by atoms with van der Waals surface area (Å²) in [6.45, 7) is 5.52. The van der Waals surface area contributed by atoms with Gasteiger partial charge in [-0.25, -0.2) is 9.97 Å². The predicted octanol–water partition coefficient (Wildman–Crippen LogP) is 5.65. The van der Waals surface area contributed by atoms with E-state index in [0.29, 0.717) is 31.3 Å². The minimum atomic E-state index is -0.564. The smallest absolute Gasteiger partial charge is 0.175 e. The molecule has 3 heterocycles. The molecule has 1 aliphatic heterocycles. The Hall–Kier alpha value is -2.65. The lowest BCUT2D eigenvalue weighted by atomic mass is 9.92. The Morgan fingerprint density at radius 1 is 1.18 bits per heavy atom. The largest absolute Gasteiger partial charge is 0.507 e. The first-order chi connectivity index (χ1) is 16.5. The van der Waals surface area contributed by atoms with Crippen LogP contribution in [0.4, 0.5) is 0 Å². The molecule has 34 heavy (non-hydrogen) atoms. The molecule has 5 rings (SSSR count). The zero-order chi connectivity index (χ0) is 23.7. The van der Waals surface area contributed by atoms with Crippen LogP contribution in [0.1, 0.15) is 34.7 Å². The highest BCUT2D eigenvalue weighted by Crippen LogP contribution is 2.39. The Morgan fingerprint density at radius 2 is 1.94 bits per heavy atom. The number of carbonyl (C=O) groups excluding carboxylic acids is 1. The number of fused-ring (bicyclic) bond motifs is 1. The molecule has 4 aromatic rings. The summed E-state index contributed by atoms with van der Waals surface area (Å²) >= 11 is 4.98. The molecule has 0 amide bonds. The molecule has 1 atom stereocenters. The van der Waals surface area contributed by atoms with Gasteiger partial charge in [-0.1, -0.05) is 46.3 Å². The number of hydrogen-bond donors (Lipinski definition) is 1. The van der Waals surface area contributed by atoms with E-state index in [4.69, 9.17) is 14.7 Å². The maximum atomic E-state index is 13.6. The third-order valence-corrected chi connectivity index (χ3v) is 7.45. The van der Waals surface area contributed by atoms with Crippen molar-refractivity contribution in [1.29, 1.82) is 0 Å². The zero-order valence-electron chi connectivity index (χ0n) is 18.7. The molecule has 1 saturated heterocycles. The molecule has 0 spiro atoms. The van der Waals surface area contributed by atoms with Crippen LogP contribution >= 0.6 is 27.3 Å². The highest BCUT2D eigenvalue weighted by Gasteiger charge is 2.27. The summed E-state index contributed by atoms with van der Waals surface area (Å²) < 4.78 is 6.21. The summed E-state index contributed by atoms with van der Waals surface area (Å²) in [5.41, 5.74) is 3.05. The summed E-state index contributed by atoms with van der Waals surface area (Å²) in [6, 6.07) is 15.0. The normalized spacial score (nSPS) is 15.5. The number of morpholine rings is 1. The van der Waals surface area contributed by atoms with E-state index < -0.39 is 5.92 Å². The van der Waals surface area contributed by atoms with Gasteiger partial charge in [-0.2, -0.15) is 0 Å². The number of rotatable bonds is 6. The molecule has 1 fully saturated rings. The number of phenols is 1. The molecule has 2 aromatic carbocycles. The molecule has 0 unspecified atom stereocenters. The lowest BCUT2D eigenvalue weighted by Gasteiger charge is -2.26. The molecule has 6 nitrogen and oxygen atoms in total. The first-order valence-corrected chi connectivity index (χ1v) is 12.8. The molecule has 0 radical (unpaired) electrons. The van der Waals surface area contributed by atoms with E-state index in [1.165, 1.54) is 6.07 Å². The molecule has 174 valence electrons. The zero-order valence-corrected chi connectivity index (χ0v) is 21.1. The quantitative estimate of drug-likeness (QED) is 0.320. The third-order valence-electron chi connectivity index (χ3n) is 6.09. The number of aromatic hydroxyl groups is 1. The predicted molar refractivity (Wildman–Crippen MR) is 137 cm³/mol. The number of nitrogens with zero attached hydrogens (tertiary/aromatic N) is 3. The summed E-state index contributed by atoms with van der Waals surface area (Å²) in [5.74, 6) is -0.0796. The Balaban J connectivity index is 1.62. The van der Waals surface area contributed by atoms with Crippen molar-refractivity contribution in [1.82, 2.24) is 14.9 Å². The number of aromatic nitrogens is 2. The number of ketones is 1. The fraction of sp³-hybridized carbons (Fsp3) is 0.269. The van der Waals surface area contributed by atoms with Crippen LogP contribution in [0.15, 0.2) is 58.4 Å². The highest BCUT2D eigenvalue weighted by atomic mass is 79.9. The van der Waals surface area contributed by atoms with Crippen LogP contribution in [0.3, 0.4) is 0 Å². The van der Waals surface area contributed by atoms with E-state index in [2.05, 4.69) is 38.3 Å². The monoisotopic (exact) mass is 537 g/mol. The first-order valence-electron chi connectivity index (χ1n) is 11.2. The second-order valence-corrected chi connectivity index (χ2v) is 10.1. The van der Waals surface area contributed by atoms with Crippen molar-refractivity contribution >= 4 is 43.3 Å². The number of Topliss-reactive ketones (excluding diaryl/α,β-unsaturated/α-hetero) is 1. The minimum Gasteiger partial charge on any atom is -0.507 e. The van der Waals surface area contributed by atoms with Gasteiger partial charge in [0.1, 0.15) is 16.4 Å². The molecule has 2 aromatic heterocycles. The minimum absolute atomic E-state index is 0.0347. The second kappa shape index (κ2) is 9.92. The molecule has 0 bridgehead atoms. The van der Waals surface area contributed by atoms with Crippen molar-refractivity contribution in [3.8, 4) is 16.9 Å². The number of ether oxygens (including phenoxy) is 1. The van der Waals surface area contributed by atoms with Crippen molar-refractivity contribution < 1.29 is 14.6 Å².